The molecule has 3 heteroatoms. The smallest absolute Gasteiger partial charge is 0.153 e. The number of hydrogen-bond acceptors (Lipinski definition) is 3. The van der Waals surface area contributed by atoms with Crippen molar-refractivity contribution in [2.75, 3.05) is 13.2 Å². The molecule has 3 nitrogen and oxygen atoms in total. The molecule has 0 aliphatic heterocycles. The molecule has 0 unspecified atom stereocenters. The Morgan fingerprint density at radius 3 is 2.69 bits per heavy atom. The lowest BCUT2D eigenvalue weighted by atomic mass is 10.1. The van der Waals surface area contributed by atoms with Crippen molar-refractivity contribution in [2.24, 2.45) is 0 Å². The summed E-state index contributed by atoms with van der Waals surface area (Å²) in [7, 11) is 0. The second-order valence-electron chi connectivity index (χ2n) is 3.93. The van der Waals surface area contributed by atoms with E-state index in [4.69, 9.17) is 9.47 Å². The Hall–Kier alpha value is -1.35. The molecule has 1 aromatic rings. The third-order valence-corrected chi connectivity index (χ3v) is 2.08. The summed E-state index contributed by atoms with van der Waals surface area (Å²) in [6.07, 6.45) is 1.01. The summed E-state index contributed by atoms with van der Waals surface area (Å²) in [5, 5.41) is 0. The molecular formula is C13H18O3. The molecule has 16 heavy (non-hydrogen) atoms. The first kappa shape index (κ1) is 12.7. The van der Waals surface area contributed by atoms with E-state index in [1.165, 1.54) is 0 Å². The second-order valence-corrected chi connectivity index (χ2v) is 3.93. The molecule has 0 heterocycles. The topological polar surface area (TPSA) is 35.5 Å². The van der Waals surface area contributed by atoms with Crippen LogP contribution in [0.5, 0.6) is 5.75 Å². The Balaban J connectivity index is 2.50. The molecule has 1 rings (SSSR count). The van der Waals surface area contributed by atoms with Gasteiger partial charge in [-0.05, 0) is 32.9 Å². The monoisotopic (exact) mass is 222 g/mol. The maximum atomic E-state index is 10.8. The van der Waals surface area contributed by atoms with Gasteiger partial charge in [-0.25, -0.2) is 0 Å². The van der Waals surface area contributed by atoms with Crippen LogP contribution in [-0.2, 0) is 4.74 Å². The van der Waals surface area contributed by atoms with Crippen LogP contribution in [0, 0.1) is 6.92 Å². The van der Waals surface area contributed by atoms with Crippen LogP contribution in [-0.4, -0.2) is 25.6 Å². The number of aryl methyl sites for hydroxylation is 1. The van der Waals surface area contributed by atoms with Crippen molar-refractivity contribution in [3.63, 3.8) is 0 Å². The molecular weight excluding hydrogens is 204 g/mol. The zero-order valence-electron chi connectivity index (χ0n) is 10.0. The van der Waals surface area contributed by atoms with Crippen molar-refractivity contribution < 1.29 is 14.3 Å². The number of hydrogen-bond donors (Lipinski definition) is 0. The number of rotatable bonds is 6. The minimum Gasteiger partial charge on any atom is -0.490 e. The molecule has 1 aromatic carbocycles. The normalized spacial score (nSPS) is 10.5. The van der Waals surface area contributed by atoms with Crippen molar-refractivity contribution in [3.05, 3.63) is 29.3 Å². The van der Waals surface area contributed by atoms with Crippen molar-refractivity contribution in [1.82, 2.24) is 0 Å². The van der Waals surface area contributed by atoms with Crippen LogP contribution < -0.4 is 4.74 Å². The highest BCUT2D eigenvalue weighted by molar-refractivity contribution is 5.79. The van der Waals surface area contributed by atoms with Crippen molar-refractivity contribution >= 4 is 6.29 Å². The fourth-order valence-electron chi connectivity index (χ4n) is 1.33. The lowest BCUT2D eigenvalue weighted by molar-refractivity contribution is 0.0550. The maximum Gasteiger partial charge on any atom is 0.153 e. The first-order chi connectivity index (χ1) is 7.63. The molecule has 0 saturated carbocycles. The zero-order chi connectivity index (χ0) is 12.0. The van der Waals surface area contributed by atoms with E-state index in [-0.39, 0.29) is 6.10 Å². The summed E-state index contributed by atoms with van der Waals surface area (Å²) in [5.74, 6) is 0.618. The van der Waals surface area contributed by atoms with Gasteiger partial charge in [-0.15, -0.1) is 0 Å². The number of carbonyl (C=O) groups excluding carboxylic acids is 1. The summed E-state index contributed by atoms with van der Waals surface area (Å²) in [5.41, 5.74) is 1.64. The average molecular weight is 222 g/mol. The van der Waals surface area contributed by atoms with Gasteiger partial charge in [0.25, 0.3) is 0 Å². The fraction of sp³-hybridized carbons (Fsp3) is 0.462. The van der Waals surface area contributed by atoms with Gasteiger partial charge in [0.1, 0.15) is 12.4 Å². The predicted molar refractivity (Wildman–Crippen MR) is 63.1 cm³/mol. The van der Waals surface area contributed by atoms with Gasteiger partial charge in [0, 0.05) is 0 Å². The van der Waals surface area contributed by atoms with Crippen molar-refractivity contribution in [1.29, 1.82) is 0 Å². The quantitative estimate of drug-likeness (QED) is 0.548. The van der Waals surface area contributed by atoms with Crippen LogP contribution in [0.1, 0.15) is 29.8 Å². The summed E-state index contributed by atoms with van der Waals surface area (Å²) < 4.78 is 10.8. The van der Waals surface area contributed by atoms with Gasteiger partial charge in [0.15, 0.2) is 6.29 Å². The summed E-state index contributed by atoms with van der Waals surface area (Å²) in [4.78, 5) is 10.8. The molecule has 0 fully saturated rings. The molecule has 0 aromatic heterocycles. The Morgan fingerprint density at radius 1 is 1.31 bits per heavy atom. The Morgan fingerprint density at radius 2 is 2.06 bits per heavy atom. The lowest BCUT2D eigenvalue weighted by Crippen LogP contribution is -2.11. The maximum absolute atomic E-state index is 10.8. The average Bonchev–Trinajstić information content (AvgIpc) is 2.25. The summed E-state index contributed by atoms with van der Waals surface area (Å²) in [6, 6.07) is 5.55. The van der Waals surface area contributed by atoms with Gasteiger partial charge < -0.3 is 9.47 Å². The van der Waals surface area contributed by atoms with E-state index in [0.717, 1.165) is 11.8 Å². The van der Waals surface area contributed by atoms with E-state index in [2.05, 4.69) is 0 Å². The molecule has 0 aliphatic carbocycles. The molecule has 0 bridgehead atoms. The minimum absolute atomic E-state index is 0.201. The summed E-state index contributed by atoms with van der Waals surface area (Å²) >= 11 is 0. The highest BCUT2D eigenvalue weighted by Crippen LogP contribution is 2.17. The van der Waals surface area contributed by atoms with Crippen LogP contribution in [0.2, 0.25) is 0 Å². The molecule has 0 aliphatic rings. The number of carbonyl (C=O) groups is 1. The lowest BCUT2D eigenvalue weighted by Gasteiger charge is -2.10. The number of aldehydes is 1. The molecule has 0 radical (unpaired) electrons. The first-order valence-electron chi connectivity index (χ1n) is 5.43. The largest absolute Gasteiger partial charge is 0.490 e. The fourth-order valence-corrected chi connectivity index (χ4v) is 1.33. The van der Waals surface area contributed by atoms with Crippen LogP contribution in [0.4, 0.5) is 0 Å². The van der Waals surface area contributed by atoms with E-state index < -0.39 is 0 Å². The SMILES string of the molecule is Cc1ccc(OCCOC(C)C)c(C=O)c1. The molecule has 0 atom stereocenters. The predicted octanol–water partition coefficient (Wildman–Crippen LogP) is 2.61. The van der Waals surface area contributed by atoms with Crippen LogP contribution in [0.3, 0.4) is 0 Å². The van der Waals surface area contributed by atoms with Gasteiger partial charge in [-0.3, -0.25) is 4.79 Å². The minimum atomic E-state index is 0.201. The van der Waals surface area contributed by atoms with E-state index >= 15 is 0 Å². The van der Waals surface area contributed by atoms with E-state index in [9.17, 15) is 4.79 Å². The Kier molecular flexibility index (Phi) is 4.99. The highest BCUT2D eigenvalue weighted by Gasteiger charge is 2.03. The Labute approximate surface area is 96.4 Å². The third kappa shape index (κ3) is 4.03. The molecule has 88 valence electrons. The van der Waals surface area contributed by atoms with Crippen molar-refractivity contribution in [3.8, 4) is 5.75 Å². The van der Waals surface area contributed by atoms with Gasteiger partial charge in [-0.1, -0.05) is 11.6 Å². The highest BCUT2D eigenvalue weighted by atomic mass is 16.5. The van der Waals surface area contributed by atoms with Crippen molar-refractivity contribution in [2.45, 2.75) is 26.9 Å². The zero-order valence-corrected chi connectivity index (χ0v) is 10.0. The molecule has 0 spiro atoms. The van der Waals surface area contributed by atoms with Crippen LogP contribution >= 0.6 is 0 Å². The van der Waals surface area contributed by atoms with Gasteiger partial charge in [-0.2, -0.15) is 0 Å². The van der Waals surface area contributed by atoms with Crippen LogP contribution in [0.25, 0.3) is 0 Å². The number of ether oxygens (including phenoxy) is 2. The summed E-state index contributed by atoms with van der Waals surface area (Å²) in [6.45, 7) is 6.88. The first-order valence-corrected chi connectivity index (χ1v) is 5.43. The van der Waals surface area contributed by atoms with Gasteiger partial charge >= 0.3 is 0 Å². The molecule has 0 N–H and O–H groups in total. The standard InChI is InChI=1S/C13H18O3/c1-10(2)15-6-7-16-13-5-4-11(3)8-12(13)9-14/h4-5,8-10H,6-7H2,1-3H3. The van der Waals surface area contributed by atoms with Gasteiger partial charge in [0.2, 0.25) is 0 Å². The van der Waals surface area contributed by atoms with Gasteiger partial charge in [0.05, 0.1) is 18.3 Å². The molecule has 0 amide bonds. The van der Waals surface area contributed by atoms with E-state index in [1.807, 2.05) is 39.0 Å². The Bertz CT molecular complexity index is 345. The molecule has 0 saturated heterocycles. The third-order valence-electron chi connectivity index (χ3n) is 2.08. The second kappa shape index (κ2) is 6.28. The van der Waals surface area contributed by atoms with E-state index in [1.54, 1.807) is 0 Å². The number of benzene rings is 1. The van der Waals surface area contributed by atoms with Crippen LogP contribution in [0.15, 0.2) is 18.2 Å². The van der Waals surface area contributed by atoms with E-state index in [0.29, 0.717) is 24.5 Å².